The van der Waals surface area contributed by atoms with Crippen LogP contribution in [0.3, 0.4) is 0 Å². The number of rotatable bonds is 6. The maximum Gasteiger partial charge on any atom is 0.0465 e. The fourth-order valence-corrected chi connectivity index (χ4v) is 0.856. The van der Waals surface area contributed by atoms with Gasteiger partial charge >= 0.3 is 0 Å². The molecule has 0 aliphatic rings. The topological polar surface area (TPSA) is 20.2 Å². The lowest BCUT2D eigenvalue weighted by Crippen LogP contribution is -1.77. The van der Waals surface area contributed by atoms with Gasteiger partial charge in [-0.3, -0.25) is 0 Å². The Hall–Kier alpha value is -0.0100. The summed E-state index contributed by atoms with van der Waals surface area (Å²) in [5, 5.41) is 8.40. The van der Waals surface area contributed by atoms with Gasteiger partial charge in [-0.25, -0.2) is 0 Å². The predicted octanol–water partition coefficient (Wildman–Crippen LogP) is 2.33. The molecule has 0 unspecified atom stereocenters. The van der Waals surface area contributed by atoms with E-state index >= 15 is 0 Å². The Morgan fingerprint density at radius 2 is 1.80 bits per heavy atom. The highest BCUT2D eigenvalue weighted by Gasteiger charge is 1.81. The molecule has 60 valence electrons. The van der Waals surface area contributed by atoms with Crippen LogP contribution in [0, 0.1) is 0 Å². The molecule has 2 heteroatoms. The van der Waals surface area contributed by atoms with Gasteiger partial charge in [0.2, 0.25) is 0 Å². The van der Waals surface area contributed by atoms with Crippen molar-refractivity contribution in [1.82, 2.24) is 0 Å². The van der Waals surface area contributed by atoms with E-state index < -0.39 is 0 Å². The lowest BCUT2D eigenvalue weighted by Gasteiger charge is -1.89. The number of hydrogen-bond acceptors (Lipinski definition) is 1. The highest BCUT2D eigenvalue weighted by atomic mass is 35.5. The van der Waals surface area contributed by atoms with Crippen LogP contribution in [0.4, 0.5) is 0 Å². The third-order valence-electron chi connectivity index (χ3n) is 1.22. The van der Waals surface area contributed by atoms with E-state index in [0.29, 0.717) is 0 Å². The SMILES string of the molecule is OCC/C=C\CCCCCl. The summed E-state index contributed by atoms with van der Waals surface area (Å²) in [7, 11) is 0. The summed E-state index contributed by atoms with van der Waals surface area (Å²) in [6, 6.07) is 0. The molecule has 0 aromatic heterocycles. The Bertz CT molecular complexity index is 81.3. The van der Waals surface area contributed by atoms with Gasteiger partial charge < -0.3 is 5.11 Å². The molecular formula is C8H15ClO. The summed E-state index contributed by atoms with van der Waals surface area (Å²) in [6.07, 6.45) is 8.22. The number of hydrogen-bond donors (Lipinski definition) is 1. The van der Waals surface area contributed by atoms with Gasteiger partial charge in [0.05, 0.1) is 0 Å². The molecule has 1 N–H and O–H groups in total. The molecule has 10 heavy (non-hydrogen) atoms. The quantitative estimate of drug-likeness (QED) is 0.361. The summed E-state index contributed by atoms with van der Waals surface area (Å²) in [4.78, 5) is 0. The largest absolute Gasteiger partial charge is 0.396 e. The summed E-state index contributed by atoms with van der Waals surface area (Å²) in [5.41, 5.74) is 0. The Kier molecular flexibility index (Phi) is 8.98. The number of aliphatic hydroxyl groups is 1. The van der Waals surface area contributed by atoms with Crippen molar-refractivity contribution in [2.75, 3.05) is 12.5 Å². The second-order valence-corrected chi connectivity index (χ2v) is 2.55. The van der Waals surface area contributed by atoms with Gasteiger partial charge in [0.1, 0.15) is 0 Å². The van der Waals surface area contributed by atoms with Crippen LogP contribution in [0.5, 0.6) is 0 Å². The van der Waals surface area contributed by atoms with Gasteiger partial charge in [-0.2, -0.15) is 0 Å². The molecule has 0 heterocycles. The minimum atomic E-state index is 0.256. The van der Waals surface area contributed by atoms with Crippen molar-refractivity contribution >= 4 is 11.6 Å². The van der Waals surface area contributed by atoms with E-state index in [9.17, 15) is 0 Å². The van der Waals surface area contributed by atoms with Gasteiger partial charge in [0.15, 0.2) is 0 Å². The molecule has 0 atom stereocenters. The summed E-state index contributed by atoms with van der Waals surface area (Å²) >= 11 is 5.48. The molecule has 0 rings (SSSR count). The third-order valence-corrected chi connectivity index (χ3v) is 1.48. The summed E-state index contributed by atoms with van der Waals surface area (Å²) in [6.45, 7) is 0.256. The monoisotopic (exact) mass is 162 g/mol. The molecule has 0 fully saturated rings. The van der Waals surface area contributed by atoms with Crippen LogP contribution in [-0.4, -0.2) is 17.6 Å². The number of unbranched alkanes of at least 4 members (excludes halogenated alkanes) is 2. The van der Waals surface area contributed by atoms with Gasteiger partial charge in [-0.05, 0) is 25.7 Å². The molecule has 0 aromatic carbocycles. The van der Waals surface area contributed by atoms with E-state index in [-0.39, 0.29) is 6.61 Å². The van der Waals surface area contributed by atoms with E-state index in [1.807, 2.05) is 6.08 Å². The average molecular weight is 163 g/mol. The normalized spacial score (nSPS) is 11.0. The molecular weight excluding hydrogens is 148 g/mol. The van der Waals surface area contributed by atoms with E-state index in [4.69, 9.17) is 16.7 Å². The van der Waals surface area contributed by atoms with Crippen molar-refractivity contribution in [3.8, 4) is 0 Å². The number of allylic oxidation sites excluding steroid dienone is 1. The van der Waals surface area contributed by atoms with Crippen molar-refractivity contribution in [1.29, 1.82) is 0 Å². The average Bonchev–Trinajstić information content (AvgIpc) is 1.97. The minimum Gasteiger partial charge on any atom is -0.396 e. The number of alkyl halides is 1. The highest BCUT2D eigenvalue weighted by molar-refractivity contribution is 6.17. The zero-order valence-corrected chi connectivity index (χ0v) is 6.98. The van der Waals surface area contributed by atoms with Gasteiger partial charge in [0, 0.05) is 12.5 Å². The Morgan fingerprint density at radius 1 is 1.10 bits per heavy atom. The highest BCUT2D eigenvalue weighted by Crippen LogP contribution is 1.98. The number of aliphatic hydroxyl groups excluding tert-OH is 1. The Morgan fingerprint density at radius 3 is 2.40 bits per heavy atom. The van der Waals surface area contributed by atoms with Crippen LogP contribution >= 0.6 is 11.6 Å². The van der Waals surface area contributed by atoms with Crippen molar-refractivity contribution in [2.45, 2.75) is 25.7 Å². The van der Waals surface area contributed by atoms with Crippen molar-refractivity contribution in [3.63, 3.8) is 0 Å². The van der Waals surface area contributed by atoms with Crippen LogP contribution in [0.1, 0.15) is 25.7 Å². The zero-order valence-electron chi connectivity index (χ0n) is 6.22. The zero-order chi connectivity index (χ0) is 7.66. The van der Waals surface area contributed by atoms with Gasteiger partial charge in [0.25, 0.3) is 0 Å². The first-order chi connectivity index (χ1) is 4.91. The molecule has 0 amide bonds. The van der Waals surface area contributed by atoms with Crippen LogP contribution in [0.2, 0.25) is 0 Å². The lowest BCUT2D eigenvalue weighted by molar-refractivity contribution is 0.302. The first-order valence-corrected chi connectivity index (χ1v) is 4.27. The third kappa shape index (κ3) is 7.99. The first-order valence-electron chi connectivity index (χ1n) is 3.73. The van der Waals surface area contributed by atoms with Crippen molar-refractivity contribution < 1.29 is 5.11 Å². The standard InChI is InChI=1S/C8H15ClO/c9-7-5-3-1-2-4-6-8-10/h2,4,10H,1,3,5-8H2/b4-2-. The fourth-order valence-electron chi connectivity index (χ4n) is 0.667. The Labute approximate surface area is 67.7 Å². The van der Waals surface area contributed by atoms with Gasteiger partial charge in [-0.15, -0.1) is 11.6 Å². The molecule has 1 nitrogen and oxygen atoms in total. The van der Waals surface area contributed by atoms with E-state index in [1.165, 1.54) is 0 Å². The molecule has 0 radical (unpaired) electrons. The minimum absolute atomic E-state index is 0.256. The molecule has 0 aliphatic heterocycles. The van der Waals surface area contributed by atoms with Gasteiger partial charge in [-0.1, -0.05) is 12.2 Å². The molecule has 0 aromatic rings. The second-order valence-electron chi connectivity index (χ2n) is 2.17. The molecule has 0 saturated heterocycles. The fraction of sp³-hybridized carbons (Fsp3) is 0.750. The maximum absolute atomic E-state index is 8.40. The summed E-state index contributed by atoms with van der Waals surface area (Å²) in [5.74, 6) is 0.758. The summed E-state index contributed by atoms with van der Waals surface area (Å²) < 4.78 is 0. The smallest absolute Gasteiger partial charge is 0.0465 e. The predicted molar refractivity (Wildman–Crippen MR) is 45.4 cm³/mol. The number of halogens is 1. The lowest BCUT2D eigenvalue weighted by atomic mass is 10.2. The second kappa shape index (κ2) is 8.99. The van der Waals surface area contributed by atoms with Crippen LogP contribution in [0.25, 0.3) is 0 Å². The van der Waals surface area contributed by atoms with E-state index in [1.54, 1.807) is 0 Å². The Balaban J connectivity index is 2.88. The van der Waals surface area contributed by atoms with Crippen LogP contribution < -0.4 is 0 Å². The molecule has 0 bridgehead atoms. The molecule has 0 saturated carbocycles. The van der Waals surface area contributed by atoms with Crippen molar-refractivity contribution in [2.24, 2.45) is 0 Å². The first kappa shape index (κ1) is 9.99. The van der Waals surface area contributed by atoms with E-state index in [0.717, 1.165) is 31.6 Å². The van der Waals surface area contributed by atoms with Crippen LogP contribution in [-0.2, 0) is 0 Å². The maximum atomic E-state index is 8.40. The molecule has 0 aliphatic carbocycles. The van der Waals surface area contributed by atoms with Crippen LogP contribution in [0.15, 0.2) is 12.2 Å². The van der Waals surface area contributed by atoms with Crippen molar-refractivity contribution in [3.05, 3.63) is 12.2 Å². The molecule has 0 spiro atoms. The van der Waals surface area contributed by atoms with E-state index in [2.05, 4.69) is 6.08 Å².